The fourth-order valence-corrected chi connectivity index (χ4v) is 4.09. The molecule has 0 atom stereocenters. The molecule has 0 bridgehead atoms. The van der Waals surface area contributed by atoms with Gasteiger partial charge in [-0.05, 0) is 57.0 Å². The molecule has 1 aromatic carbocycles. The molecule has 28 heavy (non-hydrogen) atoms. The number of nitrogens with one attached hydrogen (secondary N) is 1. The fraction of sp³-hybridized carbons (Fsp3) is 0.409. The van der Waals surface area contributed by atoms with E-state index in [-0.39, 0.29) is 5.91 Å². The molecular formula is C22H27N5O. The average molecular weight is 377 g/mol. The lowest BCUT2D eigenvalue weighted by Gasteiger charge is -2.18. The molecule has 0 unspecified atom stereocenters. The number of benzene rings is 1. The van der Waals surface area contributed by atoms with E-state index in [1.165, 1.54) is 24.0 Å². The van der Waals surface area contributed by atoms with Gasteiger partial charge in [0.25, 0.3) is 5.91 Å². The van der Waals surface area contributed by atoms with Gasteiger partial charge in [-0.1, -0.05) is 24.3 Å². The van der Waals surface area contributed by atoms with Crippen LogP contribution in [0, 0.1) is 13.8 Å². The lowest BCUT2D eigenvalue weighted by molar-refractivity contribution is 0.0952. The molecule has 0 aliphatic carbocycles. The quantitative estimate of drug-likeness (QED) is 0.742. The summed E-state index contributed by atoms with van der Waals surface area (Å²) in [5.74, 6) is -0.0809. The Kier molecular flexibility index (Phi) is 5.13. The summed E-state index contributed by atoms with van der Waals surface area (Å²) in [6, 6.07) is 10.2. The highest BCUT2D eigenvalue weighted by molar-refractivity contribution is 6.06. The van der Waals surface area contributed by atoms with Crippen molar-refractivity contribution >= 4 is 16.9 Å². The van der Waals surface area contributed by atoms with Crippen LogP contribution in [0.15, 0.2) is 30.3 Å². The van der Waals surface area contributed by atoms with Crippen LogP contribution in [0.4, 0.5) is 0 Å². The first kappa shape index (κ1) is 18.6. The third kappa shape index (κ3) is 3.64. The summed E-state index contributed by atoms with van der Waals surface area (Å²) < 4.78 is 1.74. The summed E-state index contributed by atoms with van der Waals surface area (Å²) in [4.78, 5) is 20.0. The van der Waals surface area contributed by atoms with Gasteiger partial charge in [0, 0.05) is 25.8 Å². The van der Waals surface area contributed by atoms with E-state index in [1.807, 2.05) is 33.0 Å². The van der Waals surface area contributed by atoms with Crippen LogP contribution in [0.2, 0.25) is 0 Å². The van der Waals surface area contributed by atoms with E-state index in [9.17, 15) is 4.79 Å². The van der Waals surface area contributed by atoms with Crippen LogP contribution in [0.25, 0.3) is 11.0 Å². The number of carbonyl (C=O) groups excluding carboxylic acids is 1. The monoisotopic (exact) mass is 377 g/mol. The molecule has 1 N–H and O–H groups in total. The lowest BCUT2D eigenvalue weighted by Crippen LogP contribution is -2.25. The predicted molar refractivity (Wildman–Crippen MR) is 110 cm³/mol. The van der Waals surface area contributed by atoms with Gasteiger partial charge in [-0.15, -0.1) is 0 Å². The number of rotatable bonds is 5. The van der Waals surface area contributed by atoms with Crippen molar-refractivity contribution < 1.29 is 4.79 Å². The number of nitrogens with zero attached hydrogens (tertiary/aromatic N) is 4. The topological polar surface area (TPSA) is 63.1 Å². The second kappa shape index (κ2) is 7.72. The van der Waals surface area contributed by atoms with Crippen LogP contribution in [0.1, 0.15) is 45.7 Å². The van der Waals surface area contributed by atoms with Crippen LogP contribution < -0.4 is 5.32 Å². The maximum Gasteiger partial charge on any atom is 0.252 e. The largest absolute Gasteiger partial charge is 0.348 e. The number of fused-ring (bicyclic) bond motifs is 1. The van der Waals surface area contributed by atoms with E-state index in [1.54, 1.807) is 4.68 Å². The highest BCUT2D eigenvalue weighted by Crippen LogP contribution is 2.22. The van der Waals surface area contributed by atoms with Gasteiger partial charge in [-0.3, -0.25) is 14.4 Å². The zero-order chi connectivity index (χ0) is 19.7. The maximum absolute atomic E-state index is 13.0. The number of pyridine rings is 1. The molecular weight excluding hydrogens is 350 g/mol. The van der Waals surface area contributed by atoms with Gasteiger partial charge in [0.1, 0.15) is 0 Å². The van der Waals surface area contributed by atoms with Gasteiger partial charge in [-0.2, -0.15) is 5.10 Å². The molecule has 0 spiro atoms. The van der Waals surface area contributed by atoms with E-state index in [4.69, 9.17) is 0 Å². The Hall–Kier alpha value is -2.73. The zero-order valence-electron chi connectivity index (χ0n) is 16.8. The summed E-state index contributed by atoms with van der Waals surface area (Å²) in [7, 11) is 1.86. The molecule has 0 saturated carbocycles. The minimum atomic E-state index is -0.0809. The maximum atomic E-state index is 13.0. The number of aryl methyl sites for hydroxylation is 3. The normalized spacial score (nSPS) is 14.7. The molecule has 1 saturated heterocycles. The molecule has 1 fully saturated rings. The Morgan fingerprint density at radius 2 is 1.86 bits per heavy atom. The van der Waals surface area contributed by atoms with Crippen molar-refractivity contribution in [2.24, 2.45) is 7.05 Å². The molecule has 1 aliphatic heterocycles. The second-order valence-corrected chi connectivity index (χ2v) is 7.65. The number of hydrogen-bond acceptors (Lipinski definition) is 4. The van der Waals surface area contributed by atoms with E-state index in [0.29, 0.717) is 12.1 Å². The fourth-order valence-electron chi connectivity index (χ4n) is 4.09. The Bertz CT molecular complexity index is 1020. The molecule has 0 radical (unpaired) electrons. The van der Waals surface area contributed by atoms with Crippen molar-refractivity contribution in [1.29, 1.82) is 0 Å². The minimum absolute atomic E-state index is 0.0809. The van der Waals surface area contributed by atoms with Crippen LogP contribution in [0.5, 0.6) is 0 Å². The van der Waals surface area contributed by atoms with E-state index < -0.39 is 0 Å². The molecule has 6 nitrogen and oxygen atoms in total. The predicted octanol–water partition coefficient (Wildman–Crippen LogP) is 3.11. The van der Waals surface area contributed by atoms with Crippen LogP contribution in [0.3, 0.4) is 0 Å². The first-order chi connectivity index (χ1) is 13.5. The summed E-state index contributed by atoms with van der Waals surface area (Å²) >= 11 is 0. The summed E-state index contributed by atoms with van der Waals surface area (Å²) in [5, 5.41) is 8.38. The first-order valence-electron chi connectivity index (χ1n) is 9.91. The lowest BCUT2D eigenvalue weighted by atomic mass is 10.1. The van der Waals surface area contributed by atoms with Crippen molar-refractivity contribution in [3.05, 3.63) is 58.4 Å². The molecule has 146 valence electrons. The van der Waals surface area contributed by atoms with Gasteiger partial charge in [0.05, 0.1) is 16.6 Å². The number of amides is 1. The number of carbonyl (C=O) groups is 1. The Morgan fingerprint density at radius 1 is 1.14 bits per heavy atom. The Morgan fingerprint density at radius 3 is 2.61 bits per heavy atom. The van der Waals surface area contributed by atoms with Gasteiger partial charge in [0.15, 0.2) is 5.65 Å². The SMILES string of the molecule is Cc1cc(C(=O)NCc2ccccc2CN2CCCC2)c2c(C)nn(C)c2n1. The van der Waals surface area contributed by atoms with E-state index in [0.717, 1.165) is 42.1 Å². The molecule has 6 heteroatoms. The zero-order valence-corrected chi connectivity index (χ0v) is 16.8. The highest BCUT2D eigenvalue weighted by atomic mass is 16.1. The van der Waals surface area contributed by atoms with Crippen molar-refractivity contribution in [3.8, 4) is 0 Å². The number of aromatic nitrogens is 3. The minimum Gasteiger partial charge on any atom is -0.348 e. The third-order valence-corrected chi connectivity index (χ3v) is 5.49. The smallest absolute Gasteiger partial charge is 0.252 e. The van der Waals surface area contributed by atoms with Gasteiger partial charge in [-0.25, -0.2) is 4.98 Å². The van der Waals surface area contributed by atoms with Crippen LogP contribution in [-0.4, -0.2) is 38.7 Å². The molecule has 2 aromatic heterocycles. The summed E-state index contributed by atoms with van der Waals surface area (Å²) in [5.41, 5.74) is 5.49. The highest BCUT2D eigenvalue weighted by Gasteiger charge is 2.18. The van der Waals surface area contributed by atoms with Crippen LogP contribution in [-0.2, 0) is 20.1 Å². The van der Waals surface area contributed by atoms with Gasteiger partial charge >= 0.3 is 0 Å². The van der Waals surface area contributed by atoms with Crippen LogP contribution >= 0.6 is 0 Å². The summed E-state index contributed by atoms with van der Waals surface area (Å²) in [6.45, 7) is 7.62. The van der Waals surface area contributed by atoms with Crippen molar-refractivity contribution in [2.45, 2.75) is 39.8 Å². The Labute approximate surface area is 165 Å². The van der Waals surface area contributed by atoms with Crippen molar-refractivity contribution in [2.75, 3.05) is 13.1 Å². The molecule has 3 heterocycles. The summed E-state index contributed by atoms with van der Waals surface area (Å²) in [6.07, 6.45) is 2.56. The standard InChI is InChI=1S/C22H27N5O/c1-15-12-19(20-16(2)25-26(3)21(20)24-15)22(28)23-13-17-8-4-5-9-18(17)14-27-10-6-7-11-27/h4-5,8-9,12H,6-7,10-11,13-14H2,1-3H3,(H,23,28). The van der Waals surface area contributed by atoms with Gasteiger partial charge in [0.2, 0.25) is 0 Å². The first-order valence-corrected chi connectivity index (χ1v) is 9.91. The number of likely N-dealkylation sites (tertiary alicyclic amines) is 1. The van der Waals surface area contributed by atoms with E-state index >= 15 is 0 Å². The van der Waals surface area contributed by atoms with Crippen molar-refractivity contribution in [3.63, 3.8) is 0 Å². The molecule has 1 amide bonds. The second-order valence-electron chi connectivity index (χ2n) is 7.65. The van der Waals surface area contributed by atoms with Crippen molar-refractivity contribution in [1.82, 2.24) is 25.0 Å². The third-order valence-electron chi connectivity index (χ3n) is 5.49. The molecule has 3 aromatic rings. The van der Waals surface area contributed by atoms with Gasteiger partial charge < -0.3 is 5.32 Å². The number of hydrogen-bond donors (Lipinski definition) is 1. The Balaban J connectivity index is 1.55. The molecule has 4 rings (SSSR count). The average Bonchev–Trinajstić information content (AvgIpc) is 3.28. The van der Waals surface area contributed by atoms with E-state index in [2.05, 4.69) is 38.5 Å². The molecule has 1 aliphatic rings.